The molecule has 3 aromatic carbocycles. The van der Waals surface area contributed by atoms with Crippen LogP contribution in [-0.2, 0) is 4.79 Å². The molecule has 0 atom stereocenters. The lowest BCUT2D eigenvalue weighted by atomic mass is 10.1. The number of hydrogen-bond acceptors (Lipinski definition) is 1. The van der Waals surface area contributed by atoms with Gasteiger partial charge in [-0.3, -0.25) is 4.79 Å². The third kappa shape index (κ3) is 2.10. The molecule has 0 unspecified atom stereocenters. The van der Waals surface area contributed by atoms with Crippen molar-refractivity contribution in [2.75, 3.05) is 5.33 Å². The third-order valence-electron chi connectivity index (χ3n) is 4.84. The molecule has 5 heteroatoms. The van der Waals surface area contributed by atoms with Crippen molar-refractivity contribution < 1.29 is 9.16 Å². The minimum atomic E-state index is -0.214. The molecular formula is C21H15BrN3O+. The highest BCUT2D eigenvalue weighted by atomic mass is 79.9. The minimum absolute atomic E-state index is 0.192. The summed E-state index contributed by atoms with van der Waals surface area (Å²) in [5.41, 5.74) is 2.99. The number of aromatic nitrogens is 2. The van der Waals surface area contributed by atoms with Crippen molar-refractivity contribution >= 4 is 54.4 Å². The van der Waals surface area contributed by atoms with Crippen molar-refractivity contribution in [2.24, 2.45) is 5.11 Å². The van der Waals surface area contributed by atoms with Crippen molar-refractivity contribution in [1.82, 2.24) is 4.98 Å². The van der Waals surface area contributed by atoms with Crippen LogP contribution in [0.3, 0.4) is 0 Å². The first kappa shape index (κ1) is 15.5. The van der Waals surface area contributed by atoms with E-state index in [2.05, 4.69) is 69.4 Å². The summed E-state index contributed by atoms with van der Waals surface area (Å²) in [5, 5.41) is 11.1. The van der Waals surface area contributed by atoms with Gasteiger partial charge in [0.1, 0.15) is 10.9 Å². The summed E-state index contributed by atoms with van der Waals surface area (Å²) < 4.78 is 1.79. The number of nitrogens with one attached hydrogen (secondary N) is 1. The Morgan fingerprint density at radius 3 is 2.65 bits per heavy atom. The van der Waals surface area contributed by atoms with Crippen LogP contribution >= 0.6 is 15.9 Å². The Balaban J connectivity index is 2.19. The molecule has 1 aliphatic carbocycles. The normalized spacial score (nSPS) is 12.8. The summed E-state index contributed by atoms with van der Waals surface area (Å²) in [5.74, 6) is -0.214. The second-order valence-corrected chi connectivity index (χ2v) is 7.08. The molecule has 0 bridgehead atoms. The molecule has 0 aromatic heterocycles. The molecule has 1 heterocycles. The van der Waals surface area contributed by atoms with E-state index < -0.39 is 0 Å². The lowest BCUT2D eigenvalue weighted by Crippen LogP contribution is -2.24. The van der Waals surface area contributed by atoms with E-state index in [1.165, 1.54) is 10.8 Å². The van der Waals surface area contributed by atoms with Gasteiger partial charge in [0.25, 0.3) is 10.9 Å². The SMILES string of the molecule is Cc1ccc2c(c1)[nH]c1c3cccc4cccc(c=1[n+]2=NC(=O)CBr)c43. The highest BCUT2D eigenvalue weighted by molar-refractivity contribution is 9.09. The molecule has 1 N–H and O–H groups in total. The first-order chi connectivity index (χ1) is 12.7. The van der Waals surface area contributed by atoms with E-state index in [1.54, 1.807) is 4.36 Å². The zero-order valence-electron chi connectivity index (χ0n) is 14.1. The summed E-state index contributed by atoms with van der Waals surface area (Å²) in [6.07, 6.45) is 0. The lowest BCUT2D eigenvalue weighted by molar-refractivity contribution is -0.523. The van der Waals surface area contributed by atoms with Gasteiger partial charge in [0.2, 0.25) is 0 Å². The largest absolute Gasteiger partial charge is 0.344 e. The first-order valence-electron chi connectivity index (χ1n) is 8.42. The van der Waals surface area contributed by atoms with Crippen LogP contribution in [0.4, 0.5) is 0 Å². The van der Waals surface area contributed by atoms with E-state index in [-0.39, 0.29) is 11.2 Å². The van der Waals surface area contributed by atoms with Crippen LogP contribution < -0.4 is 4.36 Å². The molecule has 1 amide bonds. The van der Waals surface area contributed by atoms with Crippen LogP contribution in [0.2, 0.25) is 0 Å². The van der Waals surface area contributed by atoms with Gasteiger partial charge in [-0.05, 0) is 34.4 Å². The number of carbonyl (C=O) groups excluding carboxylic acids is 1. The number of H-pyrrole nitrogens is 1. The zero-order chi connectivity index (χ0) is 17.8. The second-order valence-electron chi connectivity index (χ2n) is 6.52. The van der Waals surface area contributed by atoms with Crippen molar-refractivity contribution in [2.45, 2.75) is 6.92 Å². The standard InChI is InChI=1S/C21H14BrN3O/c1-12-8-9-17-16(10-12)23-20-14-6-2-4-13-5-3-7-15(19(13)14)21(20)25(17)24-18(26)11-22/h2-10H,11H2,1H3/p+1. The van der Waals surface area contributed by atoms with E-state index in [9.17, 15) is 4.79 Å². The van der Waals surface area contributed by atoms with Crippen LogP contribution in [0.25, 0.3) is 32.6 Å². The monoisotopic (exact) mass is 404 g/mol. The number of amides is 1. The van der Waals surface area contributed by atoms with Gasteiger partial charge in [-0.1, -0.05) is 52.3 Å². The molecule has 4 nitrogen and oxygen atoms in total. The van der Waals surface area contributed by atoms with Gasteiger partial charge in [-0.15, -0.1) is 0 Å². The highest BCUT2D eigenvalue weighted by Gasteiger charge is 2.20. The number of halogens is 1. The van der Waals surface area contributed by atoms with Crippen LogP contribution in [0.15, 0.2) is 59.7 Å². The van der Waals surface area contributed by atoms with Crippen LogP contribution in [0, 0.1) is 17.6 Å². The Hall–Kier alpha value is -2.79. The number of alkyl halides is 1. The van der Waals surface area contributed by atoms with E-state index >= 15 is 0 Å². The van der Waals surface area contributed by atoms with Crippen molar-refractivity contribution in [1.29, 1.82) is 0 Å². The average Bonchev–Trinajstić information content (AvgIpc) is 2.97. The van der Waals surface area contributed by atoms with Gasteiger partial charge in [-0.2, -0.15) is 0 Å². The molecular weight excluding hydrogens is 390 g/mol. The summed E-state index contributed by atoms with van der Waals surface area (Å²) >= 11 is 3.22. The fraction of sp³-hybridized carbons (Fsp3) is 0.0952. The summed E-state index contributed by atoms with van der Waals surface area (Å²) in [7, 11) is 0. The predicted molar refractivity (Wildman–Crippen MR) is 106 cm³/mol. The first-order valence-corrected chi connectivity index (χ1v) is 9.54. The van der Waals surface area contributed by atoms with Crippen molar-refractivity contribution in [3.8, 4) is 0 Å². The molecule has 1 aliphatic heterocycles. The molecule has 3 aromatic rings. The quantitative estimate of drug-likeness (QED) is 0.325. The topological polar surface area (TPSA) is 51.1 Å². The Morgan fingerprint density at radius 2 is 1.88 bits per heavy atom. The van der Waals surface area contributed by atoms with Gasteiger partial charge in [0, 0.05) is 22.0 Å². The number of hydrogen-bond donors (Lipinski definition) is 1. The number of nitrogens with zero attached hydrogens (tertiary/aromatic N) is 2. The number of fused-ring (bicyclic) bond motifs is 3. The van der Waals surface area contributed by atoms with Crippen molar-refractivity contribution in [3.63, 3.8) is 0 Å². The number of carbonyl (C=O) groups is 1. The van der Waals surface area contributed by atoms with E-state index in [4.69, 9.17) is 0 Å². The predicted octanol–water partition coefficient (Wildman–Crippen LogP) is 4.47. The lowest BCUT2D eigenvalue weighted by Gasteiger charge is -1.96. The summed E-state index contributed by atoms with van der Waals surface area (Å²) in [4.78, 5) is 15.7. The number of rotatable bonds is 1. The Bertz CT molecular complexity index is 1450. The molecule has 0 fully saturated rings. The van der Waals surface area contributed by atoms with Gasteiger partial charge in [-0.25, -0.2) is 0 Å². The maximum absolute atomic E-state index is 12.2. The Labute approximate surface area is 156 Å². The van der Waals surface area contributed by atoms with E-state index in [0.717, 1.165) is 38.1 Å². The van der Waals surface area contributed by atoms with Crippen LogP contribution in [-0.4, -0.2) is 16.2 Å². The number of aryl methyl sites for hydroxylation is 1. The fourth-order valence-electron chi connectivity index (χ4n) is 3.79. The third-order valence-corrected chi connectivity index (χ3v) is 5.32. The molecule has 5 rings (SSSR count). The summed E-state index contributed by atoms with van der Waals surface area (Å²) in [6, 6.07) is 18.7. The number of benzene rings is 3. The van der Waals surface area contributed by atoms with E-state index in [0.29, 0.717) is 0 Å². The minimum Gasteiger partial charge on any atom is -0.344 e. The van der Waals surface area contributed by atoms with E-state index in [1.807, 2.05) is 18.2 Å². The van der Waals surface area contributed by atoms with Crippen LogP contribution in [0.5, 0.6) is 0 Å². The maximum Gasteiger partial charge on any atom is 0.319 e. The molecule has 26 heavy (non-hydrogen) atoms. The molecule has 0 saturated heterocycles. The van der Waals surface area contributed by atoms with Gasteiger partial charge >= 0.3 is 5.91 Å². The zero-order valence-corrected chi connectivity index (χ0v) is 15.7. The summed E-state index contributed by atoms with van der Waals surface area (Å²) in [6.45, 7) is 2.06. The number of aromatic amines is 1. The van der Waals surface area contributed by atoms with Gasteiger partial charge in [0.05, 0.1) is 10.7 Å². The molecule has 2 aliphatic rings. The molecule has 0 saturated carbocycles. The second kappa shape index (κ2) is 5.61. The average molecular weight is 405 g/mol. The van der Waals surface area contributed by atoms with Crippen LogP contribution in [0.1, 0.15) is 5.56 Å². The smallest absolute Gasteiger partial charge is 0.319 e. The molecule has 126 valence electrons. The fourth-order valence-corrected chi connectivity index (χ4v) is 3.90. The molecule has 0 radical (unpaired) electrons. The van der Waals surface area contributed by atoms with Gasteiger partial charge < -0.3 is 4.98 Å². The maximum atomic E-state index is 12.2. The Morgan fingerprint density at radius 1 is 1.12 bits per heavy atom. The highest BCUT2D eigenvalue weighted by Crippen LogP contribution is 2.30. The van der Waals surface area contributed by atoms with Gasteiger partial charge in [0.15, 0.2) is 0 Å². The molecule has 0 spiro atoms. The van der Waals surface area contributed by atoms with Crippen molar-refractivity contribution in [3.05, 3.63) is 70.9 Å². The Kier molecular flexibility index (Phi) is 3.34.